The molecule has 1 rings (SSSR count). The quantitative estimate of drug-likeness (QED) is 0.321. The lowest BCUT2D eigenvalue weighted by atomic mass is 10.1. The van der Waals surface area contributed by atoms with Crippen molar-refractivity contribution < 1.29 is 18.7 Å². The van der Waals surface area contributed by atoms with Gasteiger partial charge in [-0.25, -0.2) is 4.39 Å². The van der Waals surface area contributed by atoms with Gasteiger partial charge >= 0.3 is 0 Å². The Kier molecular flexibility index (Phi) is 7.11. The minimum atomic E-state index is -0.467. The zero-order valence-electron chi connectivity index (χ0n) is 13.2. The average Bonchev–Trinajstić information content (AvgIpc) is 2.64. The number of methoxy groups -OCH3 is 2. The van der Waals surface area contributed by atoms with Crippen molar-refractivity contribution in [2.45, 2.75) is 26.3 Å². The van der Waals surface area contributed by atoms with E-state index < -0.39 is 5.83 Å². The number of hydrogen-bond acceptors (Lipinski definition) is 5. The lowest BCUT2D eigenvalue weighted by Gasteiger charge is -2.13. The van der Waals surface area contributed by atoms with Crippen LogP contribution >= 0.6 is 11.8 Å². The third kappa shape index (κ3) is 5.18. The molecule has 0 amide bonds. The molecular formula is C16H20FNO3S. The van der Waals surface area contributed by atoms with Crippen LogP contribution in [0.5, 0.6) is 0 Å². The third-order valence-corrected chi connectivity index (χ3v) is 3.61. The van der Waals surface area contributed by atoms with E-state index in [9.17, 15) is 9.18 Å². The molecular weight excluding hydrogens is 305 g/mol. The van der Waals surface area contributed by atoms with E-state index in [0.29, 0.717) is 28.4 Å². The number of nitrogens with zero attached hydrogens (tertiary/aromatic N) is 1. The van der Waals surface area contributed by atoms with E-state index in [0.717, 1.165) is 11.8 Å². The average molecular weight is 325 g/mol. The van der Waals surface area contributed by atoms with E-state index in [4.69, 9.17) is 9.47 Å². The molecule has 0 aliphatic heterocycles. The van der Waals surface area contributed by atoms with Crippen molar-refractivity contribution in [3.05, 3.63) is 46.6 Å². The van der Waals surface area contributed by atoms with Crippen molar-refractivity contribution >= 4 is 23.1 Å². The molecule has 1 aliphatic rings. The molecule has 4 nitrogen and oxygen atoms in total. The van der Waals surface area contributed by atoms with Gasteiger partial charge in [-0.05, 0) is 13.8 Å². The third-order valence-electron chi connectivity index (χ3n) is 2.70. The van der Waals surface area contributed by atoms with Gasteiger partial charge in [-0.1, -0.05) is 18.3 Å². The highest BCUT2D eigenvalue weighted by Gasteiger charge is 2.20. The maximum atomic E-state index is 14.5. The summed E-state index contributed by atoms with van der Waals surface area (Å²) >= 11 is 1.05. The number of carbonyl (C=O) groups is 1. The van der Waals surface area contributed by atoms with Crippen molar-refractivity contribution in [3.63, 3.8) is 0 Å². The number of thioether (sulfide) groups is 1. The van der Waals surface area contributed by atoms with E-state index in [-0.39, 0.29) is 17.4 Å². The van der Waals surface area contributed by atoms with Crippen LogP contribution in [0.15, 0.2) is 51.5 Å². The molecule has 0 N–H and O–H groups in total. The van der Waals surface area contributed by atoms with E-state index >= 15 is 0 Å². The Morgan fingerprint density at radius 1 is 1.41 bits per heavy atom. The summed E-state index contributed by atoms with van der Waals surface area (Å²) in [6, 6.07) is -0.0497. The molecule has 6 heteroatoms. The van der Waals surface area contributed by atoms with Gasteiger partial charge in [0.15, 0.2) is 6.29 Å². The van der Waals surface area contributed by atoms with Gasteiger partial charge in [-0.2, -0.15) is 0 Å². The summed E-state index contributed by atoms with van der Waals surface area (Å²) in [5.74, 6) is 0.433. The molecule has 0 aromatic heterocycles. The summed E-state index contributed by atoms with van der Waals surface area (Å²) < 4.78 is 24.9. The first-order valence-electron chi connectivity index (χ1n) is 6.70. The van der Waals surface area contributed by atoms with Gasteiger partial charge in [0, 0.05) is 35.1 Å². The summed E-state index contributed by atoms with van der Waals surface area (Å²) in [6.45, 7) is 7.37. The Balaban J connectivity index is 3.32. The zero-order chi connectivity index (χ0) is 16.7. The Bertz CT molecular complexity index is 574. The second-order valence-corrected chi connectivity index (χ2v) is 5.90. The fraction of sp³-hybridized carbons (Fsp3) is 0.375. The Morgan fingerprint density at radius 2 is 2.09 bits per heavy atom. The van der Waals surface area contributed by atoms with Gasteiger partial charge in [-0.3, -0.25) is 9.79 Å². The van der Waals surface area contributed by atoms with Crippen LogP contribution in [0.3, 0.4) is 0 Å². The summed E-state index contributed by atoms with van der Waals surface area (Å²) in [5.41, 5.74) is 0.349. The lowest BCUT2D eigenvalue weighted by molar-refractivity contribution is -0.104. The number of ether oxygens (including phenoxy) is 2. The molecule has 0 unspecified atom stereocenters. The van der Waals surface area contributed by atoms with Crippen LogP contribution in [0.4, 0.5) is 4.39 Å². The van der Waals surface area contributed by atoms with Crippen molar-refractivity contribution in [3.8, 4) is 0 Å². The lowest BCUT2D eigenvalue weighted by Crippen LogP contribution is -2.06. The molecule has 0 atom stereocenters. The van der Waals surface area contributed by atoms with Crippen LogP contribution in [-0.4, -0.2) is 31.6 Å². The highest BCUT2D eigenvalue weighted by molar-refractivity contribution is 8.18. The Morgan fingerprint density at radius 3 is 2.59 bits per heavy atom. The van der Waals surface area contributed by atoms with Crippen molar-refractivity contribution in [1.29, 1.82) is 0 Å². The molecule has 0 radical (unpaired) electrons. The molecule has 0 fully saturated rings. The fourth-order valence-corrected chi connectivity index (χ4v) is 2.55. The van der Waals surface area contributed by atoms with Gasteiger partial charge in [0.05, 0.1) is 14.2 Å². The first-order chi connectivity index (χ1) is 10.4. The van der Waals surface area contributed by atoms with Crippen LogP contribution in [0.2, 0.25) is 0 Å². The standard InChI is InChI=1S/C16H20FNO3S/c1-10(2)18-16(22-11(3)9-19)14-7-12(20-4)6-13(21-5)8-15(14)17/h6,8-10H,3,7H2,1-2,4-5H3. The van der Waals surface area contributed by atoms with E-state index in [1.807, 2.05) is 13.8 Å². The maximum Gasteiger partial charge on any atom is 0.156 e. The summed E-state index contributed by atoms with van der Waals surface area (Å²) in [4.78, 5) is 15.5. The molecule has 22 heavy (non-hydrogen) atoms. The number of hydrogen-bond donors (Lipinski definition) is 0. The molecule has 0 saturated heterocycles. The number of aliphatic imine (C=N–C) groups is 1. The molecule has 1 aliphatic carbocycles. The van der Waals surface area contributed by atoms with Crippen LogP contribution < -0.4 is 0 Å². The van der Waals surface area contributed by atoms with Crippen molar-refractivity contribution in [2.75, 3.05) is 14.2 Å². The van der Waals surface area contributed by atoms with Gasteiger partial charge < -0.3 is 9.47 Å². The minimum absolute atomic E-state index is 0.0497. The monoisotopic (exact) mass is 325 g/mol. The number of carbonyl (C=O) groups excluding carboxylic acids is 1. The SMILES string of the molecule is C=C(C=O)SC(=NC(C)C)C1=C(F)C=C(OC)C=C(OC)C1. The molecule has 0 saturated carbocycles. The first kappa shape index (κ1) is 18.2. The van der Waals surface area contributed by atoms with Crippen LogP contribution in [0.25, 0.3) is 0 Å². The number of allylic oxidation sites excluding steroid dienone is 5. The highest BCUT2D eigenvalue weighted by atomic mass is 32.2. The first-order valence-corrected chi connectivity index (χ1v) is 7.51. The summed E-state index contributed by atoms with van der Waals surface area (Å²) in [6.07, 6.45) is 3.75. The molecule has 0 aromatic carbocycles. The van der Waals surface area contributed by atoms with Gasteiger partial charge in [0.25, 0.3) is 0 Å². The van der Waals surface area contributed by atoms with Gasteiger partial charge in [0.1, 0.15) is 22.4 Å². The molecule has 0 bridgehead atoms. The normalized spacial score (nSPS) is 16.0. The fourth-order valence-electron chi connectivity index (χ4n) is 1.70. The van der Waals surface area contributed by atoms with E-state index in [1.165, 1.54) is 20.3 Å². The summed E-state index contributed by atoms with van der Waals surface area (Å²) in [5, 5.41) is 0.418. The van der Waals surface area contributed by atoms with Crippen LogP contribution in [-0.2, 0) is 14.3 Å². The number of halogens is 1. The Labute approximate surface area is 134 Å². The second-order valence-electron chi connectivity index (χ2n) is 4.78. The minimum Gasteiger partial charge on any atom is -0.501 e. The zero-order valence-corrected chi connectivity index (χ0v) is 14.0. The van der Waals surface area contributed by atoms with Crippen molar-refractivity contribution in [1.82, 2.24) is 0 Å². The molecule has 0 spiro atoms. The van der Waals surface area contributed by atoms with E-state index in [2.05, 4.69) is 11.6 Å². The Hall–Kier alpha value is -1.82. The largest absolute Gasteiger partial charge is 0.501 e. The smallest absolute Gasteiger partial charge is 0.156 e. The van der Waals surface area contributed by atoms with Gasteiger partial charge in [0.2, 0.25) is 0 Å². The number of rotatable bonds is 6. The van der Waals surface area contributed by atoms with Crippen LogP contribution in [0.1, 0.15) is 20.3 Å². The second kappa shape index (κ2) is 8.58. The molecule has 120 valence electrons. The van der Waals surface area contributed by atoms with Gasteiger partial charge in [-0.15, -0.1) is 0 Å². The van der Waals surface area contributed by atoms with Crippen molar-refractivity contribution in [2.24, 2.45) is 4.99 Å². The molecule has 0 aromatic rings. The number of aldehydes is 1. The highest BCUT2D eigenvalue weighted by Crippen LogP contribution is 2.31. The predicted molar refractivity (Wildman–Crippen MR) is 88.3 cm³/mol. The van der Waals surface area contributed by atoms with Crippen LogP contribution in [0, 0.1) is 0 Å². The topological polar surface area (TPSA) is 47.9 Å². The maximum absolute atomic E-state index is 14.5. The summed E-state index contributed by atoms with van der Waals surface area (Å²) in [7, 11) is 2.97. The van der Waals surface area contributed by atoms with E-state index in [1.54, 1.807) is 6.08 Å². The molecule has 0 heterocycles. The predicted octanol–water partition coefficient (Wildman–Crippen LogP) is 3.93.